The molecule has 1 aliphatic rings. The molecule has 1 fully saturated rings. The molecule has 2 aromatic rings. The zero-order valence-electron chi connectivity index (χ0n) is 15.5. The Balaban J connectivity index is 1.72. The first-order valence-corrected chi connectivity index (χ1v) is 10.0. The summed E-state index contributed by atoms with van der Waals surface area (Å²) in [6.45, 7) is 8.40. The van der Waals surface area contributed by atoms with Crippen LogP contribution in [0, 0.1) is 18.8 Å². The van der Waals surface area contributed by atoms with E-state index < -0.39 is 0 Å². The number of aryl methyl sites for hydroxylation is 1. The van der Waals surface area contributed by atoms with Crippen LogP contribution in [0.15, 0.2) is 29.3 Å². The summed E-state index contributed by atoms with van der Waals surface area (Å²) in [5.74, 6) is 2.06. The summed E-state index contributed by atoms with van der Waals surface area (Å²) >= 11 is 1.52. The molecule has 0 unspecified atom stereocenters. The van der Waals surface area contributed by atoms with Gasteiger partial charge in [0.15, 0.2) is 0 Å². The monoisotopic (exact) mass is 357 g/mol. The van der Waals surface area contributed by atoms with Crippen LogP contribution in [0.2, 0.25) is 0 Å². The summed E-state index contributed by atoms with van der Waals surface area (Å²) in [6, 6.07) is 8.27. The third-order valence-corrected chi connectivity index (χ3v) is 6.47. The van der Waals surface area contributed by atoms with Crippen molar-refractivity contribution in [3.05, 3.63) is 30.1 Å². The number of hydrogen-bond donors (Lipinski definition) is 1. The molecule has 134 valence electrons. The summed E-state index contributed by atoms with van der Waals surface area (Å²) in [7, 11) is 0. The van der Waals surface area contributed by atoms with Crippen molar-refractivity contribution in [2.45, 2.75) is 63.3 Å². The molecule has 5 heteroatoms. The number of nitrogens with zero attached hydrogens (tertiary/aromatic N) is 2. The number of thioether (sulfide) groups is 1. The first kappa shape index (κ1) is 18.2. The molecule has 1 N–H and O–H groups in total. The van der Waals surface area contributed by atoms with E-state index in [1.54, 1.807) is 0 Å². The van der Waals surface area contributed by atoms with Gasteiger partial charge in [0.25, 0.3) is 0 Å². The molecule has 0 aliphatic heterocycles. The number of benzene rings is 1. The van der Waals surface area contributed by atoms with Crippen LogP contribution in [0.25, 0.3) is 10.9 Å². The lowest BCUT2D eigenvalue weighted by atomic mass is 9.78. The van der Waals surface area contributed by atoms with Crippen molar-refractivity contribution >= 4 is 28.6 Å². The van der Waals surface area contributed by atoms with Crippen LogP contribution >= 0.6 is 11.8 Å². The van der Waals surface area contributed by atoms with E-state index in [1.807, 2.05) is 38.1 Å². The topological polar surface area (TPSA) is 54.9 Å². The van der Waals surface area contributed by atoms with Crippen molar-refractivity contribution in [3.63, 3.8) is 0 Å². The molecule has 1 aromatic heterocycles. The molecule has 3 rings (SSSR count). The largest absolute Gasteiger partial charge is 0.352 e. The lowest BCUT2D eigenvalue weighted by Gasteiger charge is -2.35. The van der Waals surface area contributed by atoms with Gasteiger partial charge in [-0.2, -0.15) is 0 Å². The van der Waals surface area contributed by atoms with Crippen molar-refractivity contribution in [1.29, 1.82) is 0 Å². The summed E-state index contributed by atoms with van der Waals surface area (Å²) in [5, 5.41) is 5.00. The van der Waals surface area contributed by atoms with Crippen LogP contribution in [0.3, 0.4) is 0 Å². The zero-order valence-corrected chi connectivity index (χ0v) is 16.3. The first-order chi connectivity index (χ1) is 12.0. The highest BCUT2D eigenvalue weighted by Gasteiger charge is 2.29. The number of amides is 1. The SMILES string of the molecule is Cc1nc(S[C@@H](C)C(=O)N[C@@H]2CCC[C@H](C)[C@@H]2C)c2ccccc2n1. The molecule has 1 amide bonds. The van der Waals surface area contributed by atoms with Crippen LogP contribution in [0.4, 0.5) is 0 Å². The number of carbonyl (C=O) groups excluding carboxylic acids is 1. The Bertz CT molecular complexity index is 764. The second kappa shape index (κ2) is 7.73. The van der Waals surface area contributed by atoms with E-state index in [-0.39, 0.29) is 11.2 Å². The summed E-state index contributed by atoms with van der Waals surface area (Å²) in [4.78, 5) is 21.8. The van der Waals surface area contributed by atoms with Crippen LogP contribution in [-0.4, -0.2) is 27.2 Å². The van der Waals surface area contributed by atoms with Gasteiger partial charge in [0, 0.05) is 11.4 Å². The number of carbonyl (C=O) groups is 1. The van der Waals surface area contributed by atoms with Gasteiger partial charge < -0.3 is 5.32 Å². The normalized spacial score (nSPS) is 24.9. The average molecular weight is 358 g/mol. The molecule has 25 heavy (non-hydrogen) atoms. The Hall–Kier alpha value is -1.62. The molecule has 1 aliphatic carbocycles. The standard InChI is InChI=1S/C20H27N3OS/c1-12-8-7-11-17(13(12)2)23-19(24)14(3)25-20-16-9-5-6-10-18(16)21-15(4)22-20/h5-6,9-10,12-14,17H,7-8,11H2,1-4H3,(H,23,24)/t12-,13-,14-,17+/m0/s1. The number of fused-ring (bicyclic) bond motifs is 1. The summed E-state index contributed by atoms with van der Waals surface area (Å²) in [6.07, 6.45) is 3.56. The van der Waals surface area contributed by atoms with Crippen molar-refractivity contribution in [2.24, 2.45) is 11.8 Å². The fourth-order valence-electron chi connectivity index (χ4n) is 3.56. The number of hydrogen-bond acceptors (Lipinski definition) is 4. The van der Waals surface area contributed by atoms with E-state index in [9.17, 15) is 4.79 Å². The lowest BCUT2D eigenvalue weighted by molar-refractivity contribution is -0.121. The predicted octanol–water partition coefficient (Wildman–Crippen LogP) is 4.36. The van der Waals surface area contributed by atoms with Gasteiger partial charge in [-0.1, -0.05) is 56.7 Å². The van der Waals surface area contributed by atoms with Gasteiger partial charge in [0.1, 0.15) is 10.9 Å². The Morgan fingerprint density at radius 2 is 2.00 bits per heavy atom. The van der Waals surface area contributed by atoms with Gasteiger partial charge in [0.05, 0.1) is 10.8 Å². The Kier molecular flexibility index (Phi) is 5.62. The van der Waals surface area contributed by atoms with Gasteiger partial charge in [-0.25, -0.2) is 9.97 Å². The average Bonchev–Trinajstić information content (AvgIpc) is 2.58. The van der Waals surface area contributed by atoms with Crippen LogP contribution in [-0.2, 0) is 4.79 Å². The second-order valence-corrected chi connectivity index (χ2v) is 8.57. The number of aromatic nitrogens is 2. The van der Waals surface area contributed by atoms with Gasteiger partial charge in [-0.3, -0.25) is 4.79 Å². The smallest absolute Gasteiger partial charge is 0.233 e. The maximum Gasteiger partial charge on any atom is 0.233 e. The van der Waals surface area contributed by atoms with E-state index in [2.05, 4.69) is 29.1 Å². The van der Waals surface area contributed by atoms with Crippen LogP contribution in [0.1, 0.15) is 45.9 Å². The number of nitrogens with one attached hydrogen (secondary N) is 1. The van der Waals surface area contributed by atoms with Crippen molar-refractivity contribution in [2.75, 3.05) is 0 Å². The highest BCUT2D eigenvalue weighted by Crippen LogP contribution is 2.31. The molecule has 1 aromatic carbocycles. The number of rotatable bonds is 4. The summed E-state index contributed by atoms with van der Waals surface area (Å²) in [5.41, 5.74) is 0.930. The fourth-order valence-corrected chi connectivity index (χ4v) is 4.55. The quantitative estimate of drug-likeness (QED) is 0.652. The van der Waals surface area contributed by atoms with Gasteiger partial charge >= 0.3 is 0 Å². The second-order valence-electron chi connectivity index (χ2n) is 7.24. The third kappa shape index (κ3) is 4.14. The van der Waals surface area contributed by atoms with E-state index in [0.717, 1.165) is 28.2 Å². The van der Waals surface area contributed by atoms with E-state index in [0.29, 0.717) is 17.9 Å². The van der Waals surface area contributed by atoms with Crippen LogP contribution < -0.4 is 5.32 Å². The molecule has 1 saturated carbocycles. The molecule has 4 atom stereocenters. The Morgan fingerprint density at radius 1 is 1.24 bits per heavy atom. The van der Waals surface area contributed by atoms with Crippen molar-refractivity contribution in [1.82, 2.24) is 15.3 Å². The zero-order chi connectivity index (χ0) is 18.0. The van der Waals surface area contributed by atoms with E-state index in [1.165, 1.54) is 24.6 Å². The van der Waals surface area contributed by atoms with Gasteiger partial charge in [0.2, 0.25) is 5.91 Å². The minimum Gasteiger partial charge on any atom is -0.352 e. The minimum absolute atomic E-state index is 0.108. The van der Waals surface area contributed by atoms with E-state index >= 15 is 0 Å². The van der Waals surface area contributed by atoms with Gasteiger partial charge in [-0.05, 0) is 38.2 Å². The van der Waals surface area contributed by atoms with Crippen molar-refractivity contribution < 1.29 is 4.79 Å². The third-order valence-electron chi connectivity index (χ3n) is 5.37. The fraction of sp³-hybridized carbons (Fsp3) is 0.550. The molecular formula is C20H27N3OS. The van der Waals surface area contributed by atoms with Crippen molar-refractivity contribution in [3.8, 4) is 0 Å². The Labute approximate surface area is 154 Å². The Morgan fingerprint density at radius 3 is 2.80 bits per heavy atom. The van der Waals surface area contributed by atoms with Crippen LogP contribution in [0.5, 0.6) is 0 Å². The molecule has 0 bridgehead atoms. The predicted molar refractivity (Wildman–Crippen MR) is 104 cm³/mol. The molecule has 0 radical (unpaired) electrons. The lowest BCUT2D eigenvalue weighted by Crippen LogP contribution is -2.46. The number of para-hydroxylation sites is 1. The minimum atomic E-state index is -0.179. The highest BCUT2D eigenvalue weighted by molar-refractivity contribution is 8.00. The maximum atomic E-state index is 12.7. The molecule has 0 spiro atoms. The maximum absolute atomic E-state index is 12.7. The molecule has 0 saturated heterocycles. The molecular weight excluding hydrogens is 330 g/mol. The highest BCUT2D eigenvalue weighted by atomic mass is 32.2. The summed E-state index contributed by atoms with van der Waals surface area (Å²) < 4.78 is 0. The van der Waals surface area contributed by atoms with Gasteiger partial charge in [-0.15, -0.1) is 0 Å². The molecule has 4 nitrogen and oxygen atoms in total. The molecule has 1 heterocycles. The van der Waals surface area contributed by atoms with E-state index in [4.69, 9.17) is 0 Å². The first-order valence-electron chi connectivity index (χ1n) is 9.16.